The monoisotopic (exact) mass is 226 g/mol. The number of carbonyl (C=O) groups is 1. The van der Waals surface area contributed by atoms with Crippen molar-refractivity contribution in [3.8, 4) is 0 Å². The lowest BCUT2D eigenvalue weighted by Crippen LogP contribution is -2.04. The molecule has 76 valence electrons. The third-order valence-electron chi connectivity index (χ3n) is 1.77. The highest BCUT2D eigenvalue weighted by atomic mass is 32.1. The Kier molecular flexibility index (Phi) is 2.51. The van der Waals surface area contributed by atoms with Crippen LogP contribution >= 0.6 is 11.7 Å². The summed E-state index contributed by atoms with van der Waals surface area (Å²) in [7, 11) is 0. The Hall–Kier alpha value is -1.69. The van der Waals surface area contributed by atoms with Crippen molar-refractivity contribution in [3.63, 3.8) is 0 Å². The highest BCUT2D eigenvalue weighted by Gasteiger charge is 2.16. The Morgan fingerprint density at radius 3 is 2.73 bits per heavy atom. The van der Waals surface area contributed by atoms with Crippen molar-refractivity contribution in [2.24, 2.45) is 0 Å². The van der Waals surface area contributed by atoms with Gasteiger partial charge in [-0.2, -0.15) is 8.75 Å². The molecule has 15 heavy (non-hydrogen) atoms. The lowest BCUT2D eigenvalue weighted by atomic mass is 10.1. The number of aromatic nitrogens is 2. The van der Waals surface area contributed by atoms with E-state index in [1.165, 1.54) is 6.20 Å². The van der Waals surface area contributed by atoms with E-state index in [-0.39, 0.29) is 11.3 Å². The molecule has 0 amide bonds. The van der Waals surface area contributed by atoms with Gasteiger partial charge in [0.25, 0.3) is 0 Å². The van der Waals surface area contributed by atoms with Crippen LogP contribution in [-0.4, -0.2) is 14.5 Å². The van der Waals surface area contributed by atoms with Crippen LogP contribution in [0.1, 0.15) is 16.1 Å². The molecule has 0 fully saturated rings. The first-order valence-electron chi connectivity index (χ1n) is 3.96. The molecule has 0 saturated heterocycles. The molecule has 0 spiro atoms. The van der Waals surface area contributed by atoms with Gasteiger partial charge in [-0.1, -0.05) is 0 Å². The second kappa shape index (κ2) is 3.82. The quantitative estimate of drug-likeness (QED) is 0.736. The van der Waals surface area contributed by atoms with Crippen molar-refractivity contribution in [2.45, 2.75) is 0 Å². The zero-order valence-corrected chi connectivity index (χ0v) is 8.09. The molecule has 2 rings (SSSR count). The molecule has 2 aromatic rings. The van der Waals surface area contributed by atoms with Gasteiger partial charge in [0.1, 0.15) is 17.3 Å². The van der Waals surface area contributed by atoms with E-state index >= 15 is 0 Å². The van der Waals surface area contributed by atoms with Gasteiger partial charge in [-0.05, 0) is 12.1 Å². The SMILES string of the molecule is O=C(c1cnsn1)c1ccc(F)cc1F. The molecule has 0 atom stereocenters. The van der Waals surface area contributed by atoms with Crippen LogP contribution in [0.5, 0.6) is 0 Å². The van der Waals surface area contributed by atoms with Gasteiger partial charge >= 0.3 is 0 Å². The zero-order chi connectivity index (χ0) is 10.8. The average molecular weight is 226 g/mol. The normalized spacial score (nSPS) is 10.3. The van der Waals surface area contributed by atoms with Gasteiger partial charge in [-0.3, -0.25) is 4.79 Å². The number of hydrogen-bond acceptors (Lipinski definition) is 4. The number of benzene rings is 1. The summed E-state index contributed by atoms with van der Waals surface area (Å²) in [6.45, 7) is 0. The molecule has 0 unspecified atom stereocenters. The van der Waals surface area contributed by atoms with Gasteiger partial charge in [-0.25, -0.2) is 8.78 Å². The number of nitrogens with zero attached hydrogens (tertiary/aromatic N) is 2. The molecule has 0 aliphatic rings. The maximum absolute atomic E-state index is 13.2. The molecule has 0 saturated carbocycles. The van der Waals surface area contributed by atoms with Crippen LogP contribution in [0.15, 0.2) is 24.4 Å². The van der Waals surface area contributed by atoms with E-state index in [0.29, 0.717) is 6.07 Å². The first kappa shape index (κ1) is 9.85. The maximum Gasteiger partial charge on any atom is 0.217 e. The molecule has 1 aromatic heterocycles. The van der Waals surface area contributed by atoms with Crippen LogP contribution < -0.4 is 0 Å². The fourth-order valence-corrected chi connectivity index (χ4v) is 1.49. The zero-order valence-electron chi connectivity index (χ0n) is 7.28. The Balaban J connectivity index is 2.42. The van der Waals surface area contributed by atoms with Gasteiger partial charge in [-0.15, -0.1) is 0 Å². The highest BCUT2D eigenvalue weighted by Crippen LogP contribution is 2.13. The Bertz CT molecular complexity index is 499. The van der Waals surface area contributed by atoms with Gasteiger partial charge in [0.15, 0.2) is 0 Å². The molecule has 1 heterocycles. The minimum Gasteiger partial charge on any atom is -0.287 e. The number of carbonyl (C=O) groups excluding carboxylic acids is 1. The minimum atomic E-state index is -0.895. The third-order valence-corrected chi connectivity index (χ3v) is 2.25. The van der Waals surface area contributed by atoms with Crippen LogP contribution in [0, 0.1) is 11.6 Å². The molecule has 0 radical (unpaired) electrons. The summed E-state index contributed by atoms with van der Waals surface area (Å²) in [5.74, 6) is -2.21. The second-order valence-corrected chi connectivity index (χ2v) is 3.30. The fourth-order valence-electron chi connectivity index (χ4n) is 1.08. The van der Waals surface area contributed by atoms with Gasteiger partial charge < -0.3 is 0 Å². The first-order chi connectivity index (χ1) is 7.18. The topological polar surface area (TPSA) is 42.9 Å². The molecule has 0 bridgehead atoms. The number of rotatable bonds is 2. The summed E-state index contributed by atoms with van der Waals surface area (Å²) in [6, 6.07) is 2.77. The summed E-state index contributed by atoms with van der Waals surface area (Å²) in [5.41, 5.74) is -0.144. The lowest BCUT2D eigenvalue weighted by molar-refractivity contribution is 0.103. The largest absolute Gasteiger partial charge is 0.287 e. The van der Waals surface area contributed by atoms with Crippen molar-refractivity contribution in [1.82, 2.24) is 8.75 Å². The molecule has 6 heteroatoms. The van der Waals surface area contributed by atoms with Crippen LogP contribution in [-0.2, 0) is 0 Å². The Morgan fingerprint density at radius 1 is 1.33 bits per heavy atom. The molecule has 3 nitrogen and oxygen atoms in total. The summed E-state index contributed by atoms with van der Waals surface area (Å²) in [6.07, 6.45) is 1.25. The standard InChI is InChI=1S/C9H4F2N2OS/c10-5-1-2-6(7(11)3-5)9(14)8-4-12-15-13-8/h1-4H. The van der Waals surface area contributed by atoms with Gasteiger partial charge in [0.2, 0.25) is 5.78 Å². The maximum atomic E-state index is 13.2. The second-order valence-electron chi connectivity index (χ2n) is 2.75. The number of hydrogen-bond donors (Lipinski definition) is 0. The Labute approximate surface area is 87.7 Å². The van der Waals surface area contributed by atoms with Crippen molar-refractivity contribution >= 4 is 17.5 Å². The van der Waals surface area contributed by atoms with E-state index in [1.54, 1.807) is 0 Å². The molecule has 1 aromatic carbocycles. The van der Waals surface area contributed by atoms with Crippen LogP contribution in [0.3, 0.4) is 0 Å². The van der Waals surface area contributed by atoms with E-state index < -0.39 is 17.4 Å². The van der Waals surface area contributed by atoms with Crippen LogP contribution in [0.4, 0.5) is 8.78 Å². The lowest BCUT2D eigenvalue weighted by Gasteiger charge is -1.98. The summed E-state index contributed by atoms with van der Waals surface area (Å²) in [4.78, 5) is 11.6. The number of ketones is 1. The molecule has 0 N–H and O–H groups in total. The van der Waals surface area contributed by atoms with Crippen LogP contribution in [0.25, 0.3) is 0 Å². The molecule has 0 aliphatic carbocycles. The van der Waals surface area contributed by atoms with E-state index in [4.69, 9.17) is 0 Å². The first-order valence-corrected chi connectivity index (χ1v) is 4.69. The van der Waals surface area contributed by atoms with E-state index in [9.17, 15) is 13.6 Å². The van der Waals surface area contributed by atoms with E-state index in [1.807, 2.05) is 0 Å². The highest BCUT2D eigenvalue weighted by molar-refractivity contribution is 6.99. The van der Waals surface area contributed by atoms with Crippen molar-refractivity contribution in [2.75, 3.05) is 0 Å². The fraction of sp³-hybridized carbons (Fsp3) is 0. The smallest absolute Gasteiger partial charge is 0.217 e. The van der Waals surface area contributed by atoms with Crippen LogP contribution in [0.2, 0.25) is 0 Å². The van der Waals surface area contributed by atoms with Gasteiger partial charge in [0, 0.05) is 6.07 Å². The minimum absolute atomic E-state index is 0.0607. The molecule has 0 aliphatic heterocycles. The summed E-state index contributed by atoms with van der Waals surface area (Å²) in [5, 5.41) is 0. The predicted molar refractivity (Wildman–Crippen MR) is 49.7 cm³/mol. The summed E-state index contributed by atoms with van der Waals surface area (Å²) >= 11 is 0.854. The van der Waals surface area contributed by atoms with E-state index in [0.717, 1.165) is 23.9 Å². The van der Waals surface area contributed by atoms with Crippen molar-refractivity contribution in [3.05, 3.63) is 47.3 Å². The van der Waals surface area contributed by atoms with Gasteiger partial charge in [0.05, 0.1) is 23.5 Å². The average Bonchev–Trinajstić information content (AvgIpc) is 2.69. The molecular weight excluding hydrogens is 222 g/mol. The van der Waals surface area contributed by atoms with E-state index in [2.05, 4.69) is 8.75 Å². The van der Waals surface area contributed by atoms with Crippen molar-refractivity contribution < 1.29 is 13.6 Å². The summed E-state index contributed by atoms with van der Waals surface area (Å²) < 4.78 is 33.1. The third kappa shape index (κ3) is 1.89. The predicted octanol–water partition coefficient (Wildman–Crippen LogP) is 2.05. The Morgan fingerprint density at radius 2 is 2.13 bits per heavy atom. The number of halogens is 2. The molecular formula is C9H4F2N2OS. The van der Waals surface area contributed by atoms with Crippen molar-refractivity contribution in [1.29, 1.82) is 0 Å².